The van der Waals surface area contributed by atoms with E-state index >= 15 is 0 Å². The van der Waals surface area contributed by atoms with Gasteiger partial charge >= 0.3 is 0 Å². The number of nitrogens with one attached hydrogen (secondary N) is 1. The molecule has 2 heterocycles. The first kappa shape index (κ1) is 18.4. The molecule has 0 aliphatic heterocycles. The number of hydrogen-bond donors (Lipinski definition) is 1. The fourth-order valence-electron chi connectivity index (χ4n) is 2.87. The van der Waals surface area contributed by atoms with Gasteiger partial charge in [0.1, 0.15) is 5.75 Å². The SMILES string of the molecule is COc1ccc(NC(=O)c2cn(-c3ccc(-c4noc(C)n4)cc3)nc2C)cc1. The van der Waals surface area contributed by atoms with Gasteiger partial charge in [0.15, 0.2) is 0 Å². The molecule has 0 unspecified atom stereocenters. The van der Waals surface area contributed by atoms with Crippen LogP contribution in [0.2, 0.25) is 0 Å². The molecular weight excluding hydrogens is 370 g/mol. The molecule has 4 rings (SSSR count). The second kappa shape index (κ2) is 7.59. The first-order chi connectivity index (χ1) is 14.0. The summed E-state index contributed by atoms with van der Waals surface area (Å²) in [5.41, 5.74) is 3.47. The van der Waals surface area contributed by atoms with Crippen LogP contribution in [-0.4, -0.2) is 32.9 Å². The number of benzene rings is 2. The molecule has 2 aromatic carbocycles. The summed E-state index contributed by atoms with van der Waals surface area (Å²) in [5.74, 6) is 1.55. The second-order valence-corrected chi connectivity index (χ2v) is 6.44. The molecule has 8 heteroatoms. The number of carbonyl (C=O) groups is 1. The minimum Gasteiger partial charge on any atom is -0.497 e. The summed E-state index contributed by atoms with van der Waals surface area (Å²) in [6.07, 6.45) is 1.71. The number of anilines is 1. The number of rotatable bonds is 5. The highest BCUT2D eigenvalue weighted by Crippen LogP contribution is 2.20. The third-order valence-electron chi connectivity index (χ3n) is 4.41. The Hall–Kier alpha value is -3.94. The Morgan fingerprint density at radius 1 is 1.07 bits per heavy atom. The maximum Gasteiger partial charge on any atom is 0.259 e. The van der Waals surface area contributed by atoms with E-state index in [4.69, 9.17) is 9.26 Å². The van der Waals surface area contributed by atoms with E-state index in [1.807, 2.05) is 24.3 Å². The van der Waals surface area contributed by atoms with Crippen molar-refractivity contribution in [2.75, 3.05) is 12.4 Å². The number of methoxy groups -OCH3 is 1. The van der Waals surface area contributed by atoms with Gasteiger partial charge < -0.3 is 14.6 Å². The molecule has 0 saturated heterocycles. The molecule has 0 fully saturated rings. The van der Waals surface area contributed by atoms with E-state index in [-0.39, 0.29) is 5.91 Å². The lowest BCUT2D eigenvalue weighted by Crippen LogP contribution is -2.12. The summed E-state index contributed by atoms with van der Waals surface area (Å²) in [7, 11) is 1.60. The van der Waals surface area contributed by atoms with E-state index in [9.17, 15) is 4.79 Å². The van der Waals surface area contributed by atoms with Gasteiger partial charge in [-0.1, -0.05) is 5.16 Å². The first-order valence-corrected chi connectivity index (χ1v) is 8.96. The Morgan fingerprint density at radius 3 is 2.41 bits per heavy atom. The van der Waals surface area contributed by atoms with Crippen molar-refractivity contribution in [3.63, 3.8) is 0 Å². The summed E-state index contributed by atoms with van der Waals surface area (Å²) >= 11 is 0. The van der Waals surface area contributed by atoms with E-state index in [1.165, 1.54) is 0 Å². The van der Waals surface area contributed by atoms with Crippen molar-refractivity contribution in [2.45, 2.75) is 13.8 Å². The largest absolute Gasteiger partial charge is 0.497 e. The molecule has 2 aromatic heterocycles. The number of carbonyl (C=O) groups excluding carboxylic acids is 1. The number of amides is 1. The van der Waals surface area contributed by atoms with Gasteiger partial charge in [-0.2, -0.15) is 10.1 Å². The summed E-state index contributed by atoms with van der Waals surface area (Å²) in [4.78, 5) is 16.9. The number of aryl methyl sites for hydroxylation is 2. The van der Waals surface area contributed by atoms with Crippen LogP contribution in [-0.2, 0) is 0 Å². The molecule has 0 aliphatic rings. The van der Waals surface area contributed by atoms with Crippen molar-refractivity contribution in [3.8, 4) is 22.8 Å². The third kappa shape index (κ3) is 3.86. The minimum atomic E-state index is -0.224. The number of nitrogens with zero attached hydrogens (tertiary/aromatic N) is 4. The first-order valence-electron chi connectivity index (χ1n) is 8.96. The lowest BCUT2D eigenvalue weighted by Gasteiger charge is -2.05. The fourth-order valence-corrected chi connectivity index (χ4v) is 2.87. The van der Waals surface area contributed by atoms with Crippen LogP contribution in [0, 0.1) is 13.8 Å². The molecule has 1 amide bonds. The van der Waals surface area contributed by atoms with Gasteiger partial charge in [-0.3, -0.25) is 4.79 Å². The van der Waals surface area contributed by atoms with Crippen molar-refractivity contribution in [1.82, 2.24) is 19.9 Å². The summed E-state index contributed by atoms with van der Waals surface area (Å²) < 4.78 is 11.8. The van der Waals surface area contributed by atoms with Crippen LogP contribution in [0.25, 0.3) is 17.1 Å². The minimum absolute atomic E-state index is 0.224. The number of hydrogen-bond acceptors (Lipinski definition) is 6. The Morgan fingerprint density at radius 2 is 1.79 bits per heavy atom. The van der Waals surface area contributed by atoms with Crippen molar-refractivity contribution in [1.29, 1.82) is 0 Å². The number of aromatic nitrogens is 4. The van der Waals surface area contributed by atoms with Crippen LogP contribution in [0.1, 0.15) is 21.9 Å². The maximum atomic E-state index is 12.7. The maximum absolute atomic E-state index is 12.7. The quantitative estimate of drug-likeness (QED) is 0.558. The van der Waals surface area contributed by atoms with Crippen LogP contribution < -0.4 is 10.1 Å². The topological polar surface area (TPSA) is 95.1 Å². The number of ether oxygens (including phenoxy) is 1. The second-order valence-electron chi connectivity index (χ2n) is 6.44. The zero-order valence-electron chi connectivity index (χ0n) is 16.2. The molecule has 4 aromatic rings. The summed E-state index contributed by atoms with van der Waals surface area (Å²) in [6.45, 7) is 3.55. The van der Waals surface area contributed by atoms with Gasteiger partial charge in [-0.05, 0) is 55.5 Å². The van der Waals surface area contributed by atoms with Crippen molar-refractivity contribution < 1.29 is 14.1 Å². The Labute approximate surface area is 167 Å². The van der Waals surface area contributed by atoms with Gasteiger partial charge in [0.25, 0.3) is 5.91 Å². The zero-order valence-corrected chi connectivity index (χ0v) is 16.2. The van der Waals surface area contributed by atoms with E-state index in [2.05, 4.69) is 20.6 Å². The van der Waals surface area contributed by atoms with Gasteiger partial charge in [0.05, 0.1) is 24.1 Å². The van der Waals surface area contributed by atoms with E-state index in [1.54, 1.807) is 56.1 Å². The van der Waals surface area contributed by atoms with Crippen LogP contribution >= 0.6 is 0 Å². The van der Waals surface area contributed by atoms with Gasteiger partial charge in [-0.25, -0.2) is 4.68 Å². The molecule has 0 bridgehead atoms. The van der Waals surface area contributed by atoms with Crippen LogP contribution in [0.4, 0.5) is 5.69 Å². The summed E-state index contributed by atoms with van der Waals surface area (Å²) in [6, 6.07) is 14.7. The molecule has 0 saturated carbocycles. The predicted molar refractivity (Wildman–Crippen MR) is 107 cm³/mol. The highest BCUT2D eigenvalue weighted by atomic mass is 16.5. The zero-order chi connectivity index (χ0) is 20.4. The molecule has 8 nitrogen and oxygen atoms in total. The van der Waals surface area contributed by atoms with E-state index in [0.717, 1.165) is 17.0 Å². The van der Waals surface area contributed by atoms with Gasteiger partial charge in [-0.15, -0.1) is 0 Å². The highest BCUT2D eigenvalue weighted by Gasteiger charge is 2.15. The third-order valence-corrected chi connectivity index (χ3v) is 4.41. The van der Waals surface area contributed by atoms with Crippen LogP contribution in [0.3, 0.4) is 0 Å². The van der Waals surface area contributed by atoms with Crippen molar-refractivity contribution >= 4 is 11.6 Å². The molecule has 1 N–H and O–H groups in total. The molecule has 0 atom stereocenters. The van der Waals surface area contributed by atoms with E-state index in [0.29, 0.717) is 28.7 Å². The lowest BCUT2D eigenvalue weighted by atomic mass is 10.2. The van der Waals surface area contributed by atoms with Crippen LogP contribution in [0.15, 0.2) is 59.3 Å². The smallest absolute Gasteiger partial charge is 0.259 e. The average molecular weight is 389 g/mol. The van der Waals surface area contributed by atoms with Gasteiger partial charge in [0.2, 0.25) is 11.7 Å². The average Bonchev–Trinajstić information content (AvgIpc) is 3.34. The van der Waals surface area contributed by atoms with Crippen molar-refractivity contribution in [2.24, 2.45) is 0 Å². The molecule has 0 aliphatic carbocycles. The normalized spacial score (nSPS) is 10.7. The standard InChI is InChI=1S/C21H19N5O3/c1-13-19(21(27)23-16-6-10-18(28-3)11-7-16)12-26(24-13)17-8-4-15(5-9-17)20-22-14(2)29-25-20/h4-12H,1-3H3,(H,23,27). The van der Waals surface area contributed by atoms with Gasteiger partial charge in [0, 0.05) is 24.4 Å². The highest BCUT2D eigenvalue weighted by molar-refractivity contribution is 6.04. The van der Waals surface area contributed by atoms with Crippen molar-refractivity contribution in [3.05, 3.63) is 71.9 Å². The Kier molecular flexibility index (Phi) is 4.82. The van der Waals surface area contributed by atoms with E-state index < -0.39 is 0 Å². The predicted octanol–water partition coefficient (Wildman–Crippen LogP) is 3.80. The monoisotopic (exact) mass is 389 g/mol. The van der Waals surface area contributed by atoms with Crippen LogP contribution in [0.5, 0.6) is 5.75 Å². The lowest BCUT2D eigenvalue weighted by molar-refractivity contribution is 0.102. The Balaban J connectivity index is 1.53. The molecule has 0 radical (unpaired) electrons. The fraction of sp³-hybridized carbons (Fsp3) is 0.143. The molecule has 0 spiro atoms. The Bertz CT molecular complexity index is 1140. The molecule has 29 heavy (non-hydrogen) atoms. The summed E-state index contributed by atoms with van der Waals surface area (Å²) in [5, 5.41) is 11.2. The molecule has 146 valence electrons. The molecular formula is C21H19N5O3.